The Morgan fingerprint density at radius 2 is 1.89 bits per heavy atom. The normalized spacial score (nSPS) is 10.3. The van der Waals surface area contributed by atoms with Crippen molar-refractivity contribution < 1.29 is 4.39 Å². The molecule has 0 saturated carbocycles. The first-order chi connectivity index (χ1) is 8.65. The van der Waals surface area contributed by atoms with Gasteiger partial charge in [-0.05, 0) is 46.3 Å². The maximum atomic E-state index is 12.7. The molecule has 2 rings (SSSR count). The highest BCUT2D eigenvalue weighted by Crippen LogP contribution is 2.08. The molecule has 0 aliphatic rings. The summed E-state index contributed by atoms with van der Waals surface area (Å²) < 4.78 is 15.2. The molecule has 0 saturated heterocycles. The summed E-state index contributed by atoms with van der Waals surface area (Å²) in [4.78, 5) is 11.5. The van der Waals surface area contributed by atoms with Crippen molar-refractivity contribution >= 4 is 21.6 Å². The van der Waals surface area contributed by atoms with Gasteiger partial charge in [0.1, 0.15) is 5.82 Å². The van der Waals surface area contributed by atoms with Crippen molar-refractivity contribution in [1.82, 2.24) is 4.57 Å². The predicted molar refractivity (Wildman–Crippen MR) is 73.3 cm³/mol. The summed E-state index contributed by atoms with van der Waals surface area (Å²) in [6, 6.07) is 9.35. The third kappa shape index (κ3) is 3.43. The zero-order chi connectivity index (χ0) is 13.0. The van der Waals surface area contributed by atoms with Gasteiger partial charge >= 0.3 is 0 Å². The van der Waals surface area contributed by atoms with E-state index in [9.17, 15) is 9.18 Å². The summed E-state index contributed by atoms with van der Waals surface area (Å²) in [5.74, 6) is -0.260. The minimum Gasteiger partial charge on any atom is -0.383 e. The molecule has 0 unspecified atom stereocenters. The number of benzene rings is 1. The quantitative estimate of drug-likeness (QED) is 0.942. The molecule has 2 aromatic rings. The average molecular weight is 311 g/mol. The largest absolute Gasteiger partial charge is 0.383 e. The van der Waals surface area contributed by atoms with Crippen LogP contribution < -0.4 is 10.9 Å². The second-order valence-corrected chi connectivity index (χ2v) is 4.73. The fourth-order valence-electron chi connectivity index (χ4n) is 1.57. The Kier molecular flexibility index (Phi) is 4.15. The van der Waals surface area contributed by atoms with Crippen molar-refractivity contribution in [3.8, 4) is 0 Å². The number of hydrogen-bond donors (Lipinski definition) is 1. The van der Waals surface area contributed by atoms with Crippen LogP contribution in [-0.4, -0.2) is 11.1 Å². The van der Waals surface area contributed by atoms with Gasteiger partial charge in [0.2, 0.25) is 0 Å². The van der Waals surface area contributed by atoms with Crippen LogP contribution in [-0.2, 0) is 6.54 Å². The molecular formula is C13H12BrFN2O. The predicted octanol–water partition coefficient (Wildman–Crippen LogP) is 2.86. The molecule has 0 aliphatic heterocycles. The van der Waals surface area contributed by atoms with E-state index in [4.69, 9.17) is 0 Å². The molecule has 3 nitrogen and oxygen atoms in total. The number of halogens is 2. The molecule has 0 bridgehead atoms. The van der Waals surface area contributed by atoms with E-state index in [1.807, 2.05) is 0 Å². The lowest BCUT2D eigenvalue weighted by Crippen LogP contribution is -2.22. The van der Waals surface area contributed by atoms with Gasteiger partial charge in [-0.25, -0.2) is 4.39 Å². The van der Waals surface area contributed by atoms with Crippen molar-refractivity contribution in [1.29, 1.82) is 0 Å². The Morgan fingerprint density at radius 3 is 2.61 bits per heavy atom. The second-order valence-electron chi connectivity index (χ2n) is 3.81. The molecule has 5 heteroatoms. The van der Waals surface area contributed by atoms with E-state index in [0.717, 1.165) is 10.2 Å². The van der Waals surface area contributed by atoms with E-state index in [1.165, 1.54) is 18.2 Å². The number of hydrogen-bond acceptors (Lipinski definition) is 2. The van der Waals surface area contributed by atoms with Gasteiger partial charge in [0.05, 0.1) is 0 Å². The van der Waals surface area contributed by atoms with Gasteiger partial charge in [-0.2, -0.15) is 0 Å². The third-order valence-electron chi connectivity index (χ3n) is 2.47. The van der Waals surface area contributed by atoms with E-state index in [1.54, 1.807) is 29.0 Å². The van der Waals surface area contributed by atoms with Crippen molar-refractivity contribution in [2.24, 2.45) is 0 Å². The lowest BCUT2D eigenvalue weighted by Gasteiger charge is -2.08. The van der Waals surface area contributed by atoms with Gasteiger partial charge in [0.15, 0.2) is 0 Å². The summed E-state index contributed by atoms with van der Waals surface area (Å²) in [7, 11) is 0. The van der Waals surface area contributed by atoms with E-state index >= 15 is 0 Å². The molecule has 18 heavy (non-hydrogen) atoms. The first-order valence-electron chi connectivity index (χ1n) is 5.50. The van der Waals surface area contributed by atoms with Crippen LogP contribution in [0.5, 0.6) is 0 Å². The zero-order valence-electron chi connectivity index (χ0n) is 9.57. The Bertz CT molecular complexity index is 580. The number of aromatic nitrogens is 1. The van der Waals surface area contributed by atoms with Crippen LogP contribution in [0.4, 0.5) is 10.1 Å². The molecule has 1 aromatic heterocycles. The lowest BCUT2D eigenvalue weighted by atomic mass is 10.3. The van der Waals surface area contributed by atoms with Gasteiger partial charge < -0.3 is 9.88 Å². The van der Waals surface area contributed by atoms with Gasteiger partial charge in [0.25, 0.3) is 5.56 Å². The van der Waals surface area contributed by atoms with Crippen molar-refractivity contribution in [2.45, 2.75) is 6.54 Å². The molecule has 0 aliphatic carbocycles. The van der Waals surface area contributed by atoms with Crippen molar-refractivity contribution in [3.63, 3.8) is 0 Å². The number of rotatable bonds is 4. The van der Waals surface area contributed by atoms with Crippen molar-refractivity contribution in [2.75, 3.05) is 11.9 Å². The molecule has 0 amide bonds. The highest BCUT2D eigenvalue weighted by Gasteiger charge is 1.97. The summed E-state index contributed by atoms with van der Waals surface area (Å²) in [6.45, 7) is 1.15. The number of nitrogens with zero attached hydrogens (tertiary/aromatic N) is 1. The van der Waals surface area contributed by atoms with Gasteiger partial charge in [0, 0.05) is 35.5 Å². The average Bonchev–Trinajstić information content (AvgIpc) is 2.36. The smallest absolute Gasteiger partial charge is 0.250 e. The Morgan fingerprint density at radius 1 is 1.17 bits per heavy atom. The number of anilines is 1. The van der Waals surface area contributed by atoms with E-state index < -0.39 is 0 Å². The fourth-order valence-corrected chi connectivity index (χ4v) is 1.94. The monoisotopic (exact) mass is 310 g/mol. The van der Waals surface area contributed by atoms with E-state index in [-0.39, 0.29) is 11.4 Å². The minimum atomic E-state index is -0.260. The summed E-state index contributed by atoms with van der Waals surface area (Å²) >= 11 is 3.32. The standard InChI is InChI=1S/C13H12BrFN2O/c14-10-1-6-13(18)17(9-10)8-7-16-12-4-2-11(15)3-5-12/h1-6,9,16H,7-8H2. The molecule has 0 spiro atoms. The summed E-state index contributed by atoms with van der Waals surface area (Å²) in [5.41, 5.74) is 0.790. The first kappa shape index (κ1) is 12.8. The molecule has 1 aromatic carbocycles. The summed E-state index contributed by atoms with van der Waals surface area (Å²) in [5, 5.41) is 3.13. The van der Waals surface area contributed by atoms with Gasteiger partial charge in [-0.1, -0.05) is 0 Å². The van der Waals surface area contributed by atoms with Gasteiger partial charge in [-0.3, -0.25) is 4.79 Å². The van der Waals surface area contributed by atoms with E-state index in [2.05, 4.69) is 21.2 Å². The van der Waals surface area contributed by atoms with Crippen LogP contribution in [0, 0.1) is 5.82 Å². The van der Waals surface area contributed by atoms with Crippen LogP contribution in [0.25, 0.3) is 0 Å². The first-order valence-corrected chi connectivity index (χ1v) is 6.30. The molecule has 0 radical (unpaired) electrons. The van der Waals surface area contributed by atoms with Crippen LogP contribution >= 0.6 is 15.9 Å². The molecule has 0 atom stereocenters. The number of pyridine rings is 1. The molecule has 1 heterocycles. The maximum absolute atomic E-state index is 12.7. The van der Waals surface area contributed by atoms with Crippen LogP contribution in [0.3, 0.4) is 0 Å². The number of nitrogens with one attached hydrogen (secondary N) is 1. The Balaban J connectivity index is 1.94. The third-order valence-corrected chi connectivity index (χ3v) is 2.94. The highest BCUT2D eigenvalue weighted by molar-refractivity contribution is 9.10. The van der Waals surface area contributed by atoms with Crippen LogP contribution in [0.15, 0.2) is 51.9 Å². The van der Waals surface area contributed by atoms with Crippen LogP contribution in [0.2, 0.25) is 0 Å². The highest BCUT2D eigenvalue weighted by atomic mass is 79.9. The lowest BCUT2D eigenvalue weighted by molar-refractivity contribution is 0.628. The fraction of sp³-hybridized carbons (Fsp3) is 0.154. The summed E-state index contributed by atoms with van der Waals surface area (Å²) in [6.07, 6.45) is 1.74. The van der Waals surface area contributed by atoms with Crippen molar-refractivity contribution in [3.05, 3.63) is 63.2 Å². The Labute approximate surface area is 112 Å². The maximum Gasteiger partial charge on any atom is 0.250 e. The molecular weight excluding hydrogens is 299 g/mol. The SMILES string of the molecule is O=c1ccc(Br)cn1CCNc1ccc(F)cc1. The van der Waals surface area contributed by atoms with Crippen LogP contribution in [0.1, 0.15) is 0 Å². The van der Waals surface area contributed by atoms with E-state index in [0.29, 0.717) is 13.1 Å². The Hall–Kier alpha value is -1.62. The van der Waals surface area contributed by atoms with Gasteiger partial charge in [-0.15, -0.1) is 0 Å². The zero-order valence-corrected chi connectivity index (χ0v) is 11.2. The molecule has 0 fully saturated rings. The topological polar surface area (TPSA) is 34.0 Å². The molecule has 1 N–H and O–H groups in total. The minimum absolute atomic E-state index is 0.0425. The second kappa shape index (κ2) is 5.82. The molecule has 94 valence electrons.